The van der Waals surface area contributed by atoms with Crippen molar-refractivity contribution < 1.29 is 4.79 Å². The lowest BCUT2D eigenvalue weighted by Crippen LogP contribution is -2.26. The molecule has 0 aliphatic rings. The van der Waals surface area contributed by atoms with Gasteiger partial charge in [-0.05, 0) is 51.5 Å². The van der Waals surface area contributed by atoms with Crippen LogP contribution < -0.4 is 5.32 Å². The summed E-state index contributed by atoms with van der Waals surface area (Å²) in [5.74, 6) is -0.0718. The molecule has 0 fully saturated rings. The van der Waals surface area contributed by atoms with E-state index in [1.54, 1.807) is 35.5 Å². The third-order valence-electron chi connectivity index (χ3n) is 2.95. The van der Waals surface area contributed by atoms with Crippen LogP contribution in [0.15, 0.2) is 33.6 Å². The van der Waals surface area contributed by atoms with Gasteiger partial charge in [0.15, 0.2) is 0 Å². The molecule has 0 aliphatic carbocycles. The predicted molar refractivity (Wildman–Crippen MR) is 90.8 cm³/mol. The van der Waals surface area contributed by atoms with Crippen molar-refractivity contribution in [3.63, 3.8) is 0 Å². The highest BCUT2D eigenvalue weighted by Crippen LogP contribution is 2.22. The quantitative estimate of drug-likeness (QED) is 0.838. The van der Waals surface area contributed by atoms with Gasteiger partial charge >= 0.3 is 0 Å². The highest BCUT2D eigenvalue weighted by molar-refractivity contribution is 9.11. The number of carbonyl (C=O) groups is 1. The molecule has 0 radical (unpaired) electrons. The number of rotatable bonds is 6. The molecule has 0 saturated heterocycles. The van der Waals surface area contributed by atoms with E-state index in [1.165, 1.54) is 0 Å². The van der Waals surface area contributed by atoms with Crippen LogP contribution in [-0.2, 0) is 6.54 Å². The fourth-order valence-corrected chi connectivity index (χ4v) is 3.10. The normalized spacial score (nSPS) is 10.4. The Kier molecular flexibility index (Phi) is 5.76. The summed E-state index contributed by atoms with van der Waals surface area (Å²) in [7, 11) is 1.79. The predicted octanol–water partition coefficient (Wildman–Crippen LogP) is 4.00. The van der Waals surface area contributed by atoms with Crippen LogP contribution in [0.1, 0.15) is 29.4 Å². The van der Waals surface area contributed by atoms with Gasteiger partial charge in [-0.25, -0.2) is 0 Å². The highest BCUT2D eigenvalue weighted by atomic mass is 79.9. The van der Waals surface area contributed by atoms with Gasteiger partial charge in [0.2, 0.25) is 0 Å². The van der Waals surface area contributed by atoms with Crippen molar-refractivity contribution in [2.24, 2.45) is 0 Å². The molecule has 0 atom stereocenters. The monoisotopic (exact) mass is 367 g/mol. The molecular weight excluding hydrogens is 350 g/mol. The van der Waals surface area contributed by atoms with E-state index in [0.29, 0.717) is 12.2 Å². The van der Waals surface area contributed by atoms with Crippen LogP contribution in [0, 0.1) is 0 Å². The molecule has 112 valence electrons. The van der Waals surface area contributed by atoms with Crippen molar-refractivity contribution in [2.45, 2.75) is 19.9 Å². The SMILES string of the molecule is CCCNc1ccnc(C(=O)N(C)Cc2csc(Br)c2)c1. The fraction of sp³-hybridized carbons (Fsp3) is 0.333. The van der Waals surface area contributed by atoms with Gasteiger partial charge in [-0.2, -0.15) is 0 Å². The highest BCUT2D eigenvalue weighted by Gasteiger charge is 2.14. The zero-order valence-electron chi connectivity index (χ0n) is 12.1. The molecule has 2 heterocycles. The molecule has 21 heavy (non-hydrogen) atoms. The topological polar surface area (TPSA) is 45.2 Å². The molecule has 0 spiro atoms. The van der Waals surface area contributed by atoms with Crippen LogP contribution >= 0.6 is 27.3 Å². The standard InChI is InChI=1S/C15H18BrN3OS/c1-3-5-17-12-4-6-18-13(8-12)15(20)19(2)9-11-7-14(16)21-10-11/h4,6-8,10H,3,5,9H2,1-2H3,(H,17,18). The molecule has 0 aliphatic heterocycles. The number of hydrogen-bond donors (Lipinski definition) is 1. The Hall–Kier alpha value is -1.40. The van der Waals surface area contributed by atoms with E-state index < -0.39 is 0 Å². The fourth-order valence-electron chi connectivity index (χ4n) is 1.90. The summed E-state index contributed by atoms with van der Waals surface area (Å²) in [6, 6.07) is 5.71. The van der Waals surface area contributed by atoms with E-state index in [2.05, 4.69) is 33.2 Å². The molecule has 0 aromatic carbocycles. The summed E-state index contributed by atoms with van der Waals surface area (Å²) >= 11 is 5.05. The summed E-state index contributed by atoms with van der Waals surface area (Å²) in [5, 5.41) is 5.31. The first-order chi connectivity index (χ1) is 10.1. The largest absolute Gasteiger partial charge is 0.385 e. The molecule has 0 saturated carbocycles. The van der Waals surface area contributed by atoms with Gasteiger partial charge < -0.3 is 10.2 Å². The van der Waals surface area contributed by atoms with Crippen molar-refractivity contribution in [3.8, 4) is 0 Å². The minimum absolute atomic E-state index is 0.0718. The van der Waals surface area contributed by atoms with Crippen LogP contribution in [0.2, 0.25) is 0 Å². The summed E-state index contributed by atoms with van der Waals surface area (Å²) in [6.45, 7) is 3.57. The van der Waals surface area contributed by atoms with E-state index in [0.717, 1.165) is 28.0 Å². The Morgan fingerprint density at radius 2 is 2.29 bits per heavy atom. The Bertz CT molecular complexity index is 614. The number of hydrogen-bond acceptors (Lipinski definition) is 4. The summed E-state index contributed by atoms with van der Waals surface area (Å²) in [4.78, 5) is 18.3. The van der Waals surface area contributed by atoms with E-state index >= 15 is 0 Å². The van der Waals surface area contributed by atoms with E-state index in [-0.39, 0.29) is 5.91 Å². The molecule has 0 bridgehead atoms. The third kappa shape index (κ3) is 4.54. The average Bonchev–Trinajstić information content (AvgIpc) is 2.89. The van der Waals surface area contributed by atoms with Gasteiger partial charge in [0.05, 0.1) is 3.79 Å². The van der Waals surface area contributed by atoms with Gasteiger partial charge in [0.1, 0.15) is 5.69 Å². The van der Waals surface area contributed by atoms with Crippen molar-refractivity contribution in [3.05, 3.63) is 44.8 Å². The van der Waals surface area contributed by atoms with Crippen molar-refractivity contribution in [2.75, 3.05) is 18.9 Å². The molecule has 0 unspecified atom stereocenters. The van der Waals surface area contributed by atoms with E-state index in [4.69, 9.17) is 0 Å². The maximum Gasteiger partial charge on any atom is 0.272 e. The van der Waals surface area contributed by atoms with Gasteiger partial charge in [-0.3, -0.25) is 9.78 Å². The Morgan fingerprint density at radius 3 is 2.95 bits per heavy atom. The number of halogens is 1. The van der Waals surface area contributed by atoms with Gasteiger partial charge in [0, 0.05) is 32.0 Å². The first-order valence-corrected chi connectivity index (χ1v) is 8.45. The Labute approximate surface area is 137 Å². The second-order valence-electron chi connectivity index (χ2n) is 4.78. The zero-order valence-corrected chi connectivity index (χ0v) is 14.5. The average molecular weight is 368 g/mol. The van der Waals surface area contributed by atoms with Crippen LogP contribution in [0.3, 0.4) is 0 Å². The van der Waals surface area contributed by atoms with Crippen LogP contribution in [0.4, 0.5) is 5.69 Å². The Balaban J connectivity index is 2.04. The lowest BCUT2D eigenvalue weighted by atomic mass is 10.2. The van der Waals surface area contributed by atoms with Gasteiger partial charge in [-0.1, -0.05) is 6.92 Å². The zero-order chi connectivity index (χ0) is 15.2. The minimum atomic E-state index is -0.0718. The first-order valence-electron chi connectivity index (χ1n) is 6.78. The van der Waals surface area contributed by atoms with Crippen molar-refractivity contribution in [1.29, 1.82) is 0 Å². The lowest BCUT2D eigenvalue weighted by molar-refractivity contribution is 0.0779. The number of aromatic nitrogens is 1. The number of amides is 1. The molecule has 6 heteroatoms. The van der Waals surface area contributed by atoms with Crippen LogP contribution in [0.25, 0.3) is 0 Å². The van der Waals surface area contributed by atoms with Crippen molar-refractivity contribution >= 4 is 38.9 Å². The molecular formula is C15H18BrN3OS. The summed E-state index contributed by atoms with van der Waals surface area (Å²) < 4.78 is 1.07. The van der Waals surface area contributed by atoms with Gasteiger partial charge in [0.25, 0.3) is 5.91 Å². The maximum absolute atomic E-state index is 12.4. The minimum Gasteiger partial charge on any atom is -0.385 e. The number of nitrogens with zero attached hydrogens (tertiary/aromatic N) is 2. The molecule has 2 aromatic heterocycles. The maximum atomic E-state index is 12.4. The van der Waals surface area contributed by atoms with Crippen molar-refractivity contribution in [1.82, 2.24) is 9.88 Å². The molecule has 2 aromatic rings. The number of thiophene rings is 1. The van der Waals surface area contributed by atoms with E-state index in [9.17, 15) is 4.79 Å². The van der Waals surface area contributed by atoms with Crippen LogP contribution in [-0.4, -0.2) is 29.4 Å². The number of nitrogens with one attached hydrogen (secondary N) is 1. The molecule has 1 N–H and O–H groups in total. The second-order valence-corrected chi connectivity index (χ2v) is 7.07. The van der Waals surface area contributed by atoms with Gasteiger partial charge in [-0.15, -0.1) is 11.3 Å². The Morgan fingerprint density at radius 1 is 1.48 bits per heavy atom. The molecule has 1 amide bonds. The lowest BCUT2D eigenvalue weighted by Gasteiger charge is -2.16. The second kappa shape index (κ2) is 7.56. The van der Waals surface area contributed by atoms with E-state index in [1.807, 2.05) is 17.5 Å². The summed E-state index contributed by atoms with van der Waals surface area (Å²) in [6.07, 6.45) is 2.71. The first kappa shape index (κ1) is 16.0. The van der Waals surface area contributed by atoms with Crippen LogP contribution in [0.5, 0.6) is 0 Å². The summed E-state index contributed by atoms with van der Waals surface area (Å²) in [5.41, 5.74) is 2.51. The molecule has 4 nitrogen and oxygen atoms in total. The smallest absolute Gasteiger partial charge is 0.272 e. The number of pyridine rings is 1. The number of anilines is 1. The third-order valence-corrected chi connectivity index (χ3v) is 4.50. The number of carbonyl (C=O) groups excluding carboxylic acids is 1. The molecule has 2 rings (SSSR count).